The van der Waals surface area contributed by atoms with E-state index in [1.54, 1.807) is 30.5 Å². The Morgan fingerprint density at radius 2 is 1.88 bits per heavy atom. The molecule has 3 heterocycles. The summed E-state index contributed by atoms with van der Waals surface area (Å²) in [6.07, 6.45) is 4.43. The van der Waals surface area contributed by atoms with Crippen molar-refractivity contribution in [1.82, 2.24) is 14.4 Å². The second kappa shape index (κ2) is 3.48. The highest BCUT2D eigenvalue weighted by molar-refractivity contribution is 5.81. The smallest absolute Gasteiger partial charge is 0.277 e. The molecular weight excluding hydrogens is 218 g/mol. The second-order valence-corrected chi connectivity index (χ2v) is 3.57. The van der Waals surface area contributed by atoms with Gasteiger partial charge in [-0.15, -0.1) is 0 Å². The Morgan fingerprint density at radius 1 is 1.06 bits per heavy atom. The van der Waals surface area contributed by atoms with E-state index in [4.69, 9.17) is 0 Å². The third kappa shape index (κ3) is 1.40. The standard InChI is InChI=1S/C12H7N3O2/c16-11-9-7-8-3-1-4-13-10(8)12(17)15(9)6-2-5-14-11/h1-7H. The molecule has 0 fully saturated rings. The van der Waals surface area contributed by atoms with Crippen molar-refractivity contribution in [3.05, 3.63) is 63.6 Å². The van der Waals surface area contributed by atoms with Crippen LogP contribution in [0.4, 0.5) is 0 Å². The average Bonchev–Trinajstić information content (AvgIpc) is 2.53. The van der Waals surface area contributed by atoms with E-state index in [-0.39, 0.29) is 11.1 Å². The van der Waals surface area contributed by atoms with Gasteiger partial charge < -0.3 is 0 Å². The maximum absolute atomic E-state index is 12.1. The van der Waals surface area contributed by atoms with Gasteiger partial charge in [-0.1, -0.05) is 6.07 Å². The van der Waals surface area contributed by atoms with Gasteiger partial charge in [0.15, 0.2) is 0 Å². The number of rotatable bonds is 0. The van der Waals surface area contributed by atoms with Gasteiger partial charge >= 0.3 is 0 Å². The van der Waals surface area contributed by atoms with Crippen molar-refractivity contribution in [2.75, 3.05) is 0 Å². The maximum atomic E-state index is 12.1. The number of hydrogen-bond acceptors (Lipinski definition) is 4. The minimum absolute atomic E-state index is 0.250. The molecule has 0 aliphatic carbocycles. The molecular formula is C12H7N3O2. The van der Waals surface area contributed by atoms with Crippen LogP contribution in [0.2, 0.25) is 0 Å². The Bertz CT molecular complexity index is 840. The number of pyridine rings is 2. The average molecular weight is 225 g/mol. The molecule has 3 aromatic rings. The molecule has 0 aliphatic rings. The van der Waals surface area contributed by atoms with E-state index < -0.39 is 5.56 Å². The molecule has 3 aromatic heterocycles. The largest absolute Gasteiger partial charge is 0.294 e. The van der Waals surface area contributed by atoms with Crippen molar-refractivity contribution in [3.8, 4) is 0 Å². The molecule has 5 heteroatoms. The Balaban J connectivity index is 2.74. The summed E-state index contributed by atoms with van der Waals surface area (Å²) in [6.45, 7) is 0. The SMILES string of the molecule is O=c1ncccn2c(=O)c3ncccc3cc12. The van der Waals surface area contributed by atoms with E-state index in [0.717, 1.165) is 0 Å². The van der Waals surface area contributed by atoms with Crippen LogP contribution in [0, 0.1) is 0 Å². The third-order valence-electron chi connectivity index (χ3n) is 2.54. The van der Waals surface area contributed by atoms with E-state index in [1.807, 2.05) is 0 Å². The van der Waals surface area contributed by atoms with Gasteiger partial charge in [-0.05, 0) is 18.2 Å². The highest BCUT2D eigenvalue weighted by atomic mass is 16.1. The molecule has 0 radical (unpaired) electrons. The van der Waals surface area contributed by atoms with Crippen molar-refractivity contribution < 1.29 is 0 Å². The highest BCUT2D eigenvalue weighted by Crippen LogP contribution is 2.07. The molecule has 82 valence electrons. The minimum Gasteiger partial charge on any atom is -0.277 e. The van der Waals surface area contributed by atoms with Gasteiger partial charge in [0.1, 0.15) is 11.0 Å². The molecule has 0 aromatic carbocycles. The molecule has 0 amide bonds. The van der Waals surface area contributed by atoms with E-state index >= 15 is 0 Å². The number of hydrogen-bond donors (Lipinski definition) is 0. The minimum atomic E-state index is -0.433. The summed E-state index contributed by atoms with van der Waals surface area (Å²) in [6, 6.07) is 6.64. The third-order valence-corrected chi connectivity index (χ3v) is 2.54. The summed E-state index contributed by atoms with van der Waals surface area (Å²) in [5.74, 6) is 0. The predicted molar refractivity (Wildman–Crippen MR) is 63.0 cm³/mol. The summed E-state index contributed by atoms with van der Waals surface area (Å²) >= 11 is 0. The van der Waals surface area contributed by atoms with E-state index in [2.05, 4.69) is 9.97 Å². The number of fused-ring (bicyclic) bond motifs is 2. The number of aromatic nitrogens is 3. The fourth-order valence-electron chi connectivity index (χ4n) is 1.77. The first kappa shape index (κ1) is 9.65. The molecule has 0 N–H and O–H groups in total. The molecule has 5 nitrogen and oxygen atoms in total. The van der Waals surface area contributed by atoms with Gasteiger partial charge in [0.25, 0.3) is 11.1 Å². The predicted octanol–water partition coefficient (Wildman–Crippen LogP) is 0.603. The first-order chi connectivity index (χ1) is 8.27. The lowest BCUT2D eigenvalue weighted by Gasteiger charge is -1.98. The van der Waals surface area contributed by atoms with Crippen molar-refractivity contribution in [3.63, 3.8) is 0 Å². The summed E-state index contributed by atoms with van der Waals surface area (Å²) in [5, 5.41) is 0.641. The molecule has 0 bridgehead atoms. The Kier molecular flexibility index (Phi) is 1.98. The Morgan fingerprint density at radius 3 is 2.76 bits per heavy atom. The van der Waals surface area contributed by atoms with Gasteiger partial charge in [0, 0.05) is 24.0 Å². The van der Waals surface area contributed by atoms with Crippen LogP contribution in [0.5, 0.6) is 0 Å². The fraction of sp³-hybridized carbons (Fsp3) is 0. The van der Waals surface area contributed by atoms with Gasteiger partial charge in [-0.25, -0.2) is 4.98 Å². The van der Waals surface area contributed by atoms with Crippen LogP contribution < -0.4 is 11.1 Å². The summed E-state index contributed by atoms with van der Waals surface area (Å²) < 4.78 is 1.27. The van der Waals surface area contributed by atoms with Crippen LogP contribution >= 0.6 is 0 Å². The van der Waals surface area contributed by atoms with Crippen LogP contribution in [0.25, 0.3) is 16.4 Å². The van der Waals surface area contributed by atoms with E-state index in [1.165, 1.54) is 16.8 Å². The fourth-order valence-corrected chi connectivity index (χ4v) is 1.77. The lowest BCUT2D eigenvalue weighted by Crippen LogP contribution is -2.18. The Hall–Kier alpha value is -2.56. The molecule has 0 saturated heterocycles. The maximum Gasteiger partial charge on any atom is 0.294 e. The highest BCUT2D eigenvalue weighted by Gasteiger charge is 2.05. The van der Waals surface area contributed by atoms with Crippen molar-refractivity contribution in [1.29, 1.82) is 0 Å². The van der Waals surface area contributed by atoms with Crippen LogP contribution in [0.1, 0.15) is 0 Å². The van der Waals surface area contributed by atoms with Gasteiger partial charge in [-0.2, -0.15) is 0 Å². The molecule has 17 heavy (non-hydrogen) atoms. The van der Waals surface area contributed by atoms with Gasteiger partial charge in [0.2, 0.25) is 0 Å². The molecule has 3 rings (SSSR count). The van der Waals surface area contributed by atoms with E-state index in [0.29, 0.717) is 10.9 Å². The van der Waals surface area contributed by atoms with Crippen LogP contribution in [0.15, 0.2) is 52.4 Å². The van der Waals surface area contributed by atoms with E-state index in [9.17, 15) is 9.59 Å². The normalized spacial score (nSPS) is 10.8. The lowest BCUT2D eigenvalue weighted by molar-refractivity contribution is 1.10. The monoisotopic (exact) mass is 225 g/mol. The summed E-state index contributed by atoms with van der Waals surface area (Å²) in [5.41, 5.74) is -0.151. The zero-order valence-corrected chi connectivity index (χ0v) is 8.70. The second-order valence-electron chi connectivity index (χ2n) is 3.57. The molecule has 0 spiro atoms. The quantitative estimate of drug-likeness (QED) is 0.562. The molecule has 0 aliphatic heterocycles. The van der Waals surface area contributed by atoms with Crippen molar-refractivity contribution in [2.45, 2.75) is 0 Å². The summed E-state index contributed by atoms with van der Waals surface area (Å²) in [7, 11) is 0. The number of nitrogens with zero attached hydrogens (tertiary/aromatic N) is 3. The van der Waals surface area contributed by atoms with Crippen LogP contribution in [-0.4, -0.2) is 14.4 Å². The molecule has 0 unspecified atom stereocenters. The topological polar surface area (TPSA) is 64.3 Å². The molecule has 0 atom stereocenters. The van der Waals surface area contributed by atoms with Crippen molar-refractivity contribution in [2.24, 2.45) is 0 Å². The zero-order valence-electron chi connectivity index (χ0n) is 8.70. The summed E-state index contributed by atoms with van der Waals surface area (Å²) in [4.78, 5) is 31.5. The molecule has 0 saturated carbocycles. The van der Waals surface area contributed by atoms with Crippen LogP contribution in [-0.2, 0) is 0 Å². The Labute approximate surface area is 95.0 Å². The van der Waals surface area contributed by atoms with Crippen molar-refractivity contribution >= 4 is 16.4 Å². The zero-order chi connectivity index (χ0) is 11.8. The van der Waals surface area contributed by atoms with Gasteiger partial charge in [-0.3, -0.25) is 19.0 Å². The first-order valence-electron chi connectivity index (χ1n) is 5.03. The lowest BCUT2D eigenvalue weighted by atomic mass is 10.2. The first-order valence-corrected chi connectivity index (χ1v) is 5.03. The van der Waals surface area contributed by atoms with Gasteiger partial charge in [0.05, 0.1) is 0 Å². The van der Waals surface area contributed by atoms with Crippen LogP contribution in [0.3, 0.4) is 0 Å².